The predicted molar refractivity (Wildman–Crippen MR) is 100 cm³/mol. The zero-order valence-electron chi connectivity index (χ0n) is 15.1. The maximum absolute atomic E-state index is 13.1. The van der Waals surface area contributed by atoms with Gasteiger partial charge in [0, 0.05) is 12.4 Å². The molecule has 0 spiro atoms. The number of nitrogens with one attached hydrogen (secondary N) is 1. The van der Waals surface area contributed by atoms with Gasteiger partial charge in [-0.2, -0.15) is 23.0 Å². The molecule has 0 saturated heterocycles. The molecule has 0 aromatic carbocycles. The Balaban J connectivity index is 1.68. The lowest BCUT2D eigenvalue weighted by Crippen LogP contribution is -2.16. The van der Waals surface area contributed by atoms with Crippen molar-refractivity contribution in [1.82, 2.24) is 34.3 Å². The molecule has 4 rings (SSSR count). The third-order valence-corrected chi connectivity index (χ3v) is 4.45. The van der Waals surface area contributed by atoms with Gasteiger partial charge in [-0.1, -0.05) is 17.7 Å². The van der Waals surface area contributed by atoms with Crippen LogP contribution >= 0.6 is 11.6 Å². The smallest absolute Gasteiger partial charge is 0.344 e. The number of rotatable bonds is 4. The summed E-state index contributed by atoms with van der Waals surface area (Å²) in [6, 6.07) is 3.47. The Bertz CT molecular complexity index is 1250. The maximum atomic E-state index is 13.1. The fourth-order valence-electron chi connectivity index (χ4n) is 2.76. The molecular weight excluding hydrogens is 423 g/mol. The van der Waals surface area contributed by atoms with Crippen LogP contribution < -0.4 is 5.32 Å². The van der Waals surface area contributed by atoms with Crippen LogP contribution in [-0.4, -0.2) is 34.3 Å². The molecule has 9 nitrogen and oxygen atoms in total. The van der Waals surface area contributed by atoms with Crippen molar-refractivity contribution in [3.8, 4) is 5.82 Å². The molecule has 13 heteroatoms. The van der Waals surface area contributed by atoms with Gasteiger partial charge < -0.3 is 5.32 Å². The summed E-state index contributed by atoms with van der Waals surface area (Å²) in [6.45, 7) is 8.72. The molecule has 0 fully saturated rings. The minimum Gasteiger partial charge on any atom is -0.344 e. The van der Waals surface area contributed by atoms with Crippen LogP contribution in [-0.2, 0) is 6.18 Å². The first-order chi connectivity index (χ1) is 14.3. The molecule has 0 radical (unpaired) electrons. The zero-order chi connectivity index (χ0) is 21.5. The van der Waals surface area contributed by atoms with Gasteiger partial charge >= 0.3 is 6.18 Å². The highest BCUT2D eigenvalue weighted by atomic mass is 35.5. The Kier molecular flexibility index (Phi) is 4.75. The minimum atomic E-state index is -4.58. The van der Waals surface area contributed by atoms with E-state index >= 15 is 0 Å². The molecule has 0 aliphatic heterocycles. The van der Waals surface area contributed by atoms with Gasteiger partial charge in [0.2, 0.25) is 11.6 Å². The highest BCUT2D eigenvalue weighted by molar-refractivity contribution is 6.33. The van der Waals surface area contributed by atoms with Crippen LogP contribution in [0.1, 0.15) is 24.4 Å². The van der Waals surface area contributed by atoms with Crippen LogP contribution in [0, 0.1) is 6.57 Å². The highest BCUT2D eigenvalue weighted by Crippen LogP contribution is 2.33. The Morgan fingerprint density at radius 2 is 2.03 bits per heavy atom. The molecule has 4 aromatic rings. The summed E-state index contributed by atoms with van der Waals surface area (Å²) in [5, 5.41) is 14.7. The van der Waals surface area contributed by atoms with Crippen molar-refractivity contribution >= 4 is 28.9 Å². The van der Waals surface area contributed by atoms with Crippen LogP contribution in [0.3, 0.4) is 0 Å². The standard InChI is InChI=1S/C17H11ClF3N9/c1-9(14-24-8-25-30(14)13-4-3-11(22-2)6-23-13)26-16-28-27-15-12(18)5-10(7-29(15)16)17(19,20)21/h3-9H,1H3,(H,26,28). The van der Waals surface area contributed by atoms with Crippen LogP contribution in [0.25, 0.3) is 16.3 Å². The zero-order valence-corrected chi connectivity index (χ0v) is 15.9. The molecule has 0 aliphatic rings. The lowest BCUT2D eigenvalue weighted by atomic mass is 10.3. The number of anilines is 1. The second-order valence-electron chi connectivity index (χ2n) is 6.17. The Morgan fingerprint density at radius 1 is 1.23 bits per heavy atom. The first kappa shape index (κ1) is 19.6. The Hall–Kier alpha value is -3.72. The van der Waals surface area contributed by atoms with Gasteiger partial charge in [0.05, 0.1) is 23.2 Å². The number of nitrogens with zero attached hydrogens (tertiary/aromatic N) is 8. The number of aromatic nitrogens is 7. The van der Waals surface area contributed by atoms with Crippen LogP contribution in [0.5, 0.6) is 0 Å². The number of pyridine rings is 2. The third kappa shape index (κ3) is 3.50. The molecule has 4 heterocycles. The highest BCUT2D eigenvalue weighted by Gasteiger charge is 2.32. The molecule has 1 N–H and O–H groups in total. The van der Waals surface area contributed by atoms with Gasteiger partial charge in [0.15, 0.2) is 17.3 Å². The van der Waals surface area contributed by atoms with E-state index in [-0.39, 0.29) is 16.6 Å². The van der Waals surface area contributed by atoms with Crippen LogP contribution in [0.4, 0.5) is 24.8 Å². The van der Waals surface area contributed by atoms with E-state index in [9.17, 15) is 13.2 Å². The largest absolute Gasteiger partial charge is 0.417 e. The summed E-state index contributed by atoms with van der Waals surface area (Å²) in [5.41, 5.74) is -0.473. The Labute approximate surface area is 172 Å². The molecule has 0 aliphatic carbocycles. The van der Waals surface area contributed by atoms with Gasteiger partial charge in [0.1, 0.15) is 6.33 Å². The minimum absolute atomic E-state index is 0.0522. The molecule has 0 saturated carbocycles. The average molecular weight is 434 g/mol. The summed E-state index contributed by atoms with van der Waals surface area (Å²) in [6.07, 6.45) is -0.989. The average Bonchev–Trinajstić information content (AvgIpc) is 3.35. The van der Waals surface area contributed by atoms with Crippen molar-refractivity contribution in [2.45, 2.75) is 19.1 Å². The van der Waals surface area contributed by atoms with Crippen LogP contribution in [0.2, 0.25) is 5.02 Å². The first-order valence-electron chi connectivity index (χ1n) is 8.39. The van der Waals surface area contributed by atoms with E-state index in [4.69, 9.17) is 18.2 Å². The molecular formula is C17H11ClF3N9. The molecule has 30 heavy (non-hydrogen) atoms. The third-order valence-electron chi connectivity index (χ3n) is 4.17. The topological polar surface area (TPSA) is 90.2 Å². The van der Waals surface area contributed by atoms with Crippen molar-refractivity contribution in [1.29, 1.82) is 0 Å². The second-order valence-corrected chi connectivity index (χ2v) is 6.58. The van der Waals surface area contributed by atoms with E-state index in [2.05, 4.69) is 35.4 Å². The van der Waals surface area contributed by atoms with Crippen molar-refractivity contribution in [2.24, 2.45) is 0 Å². The maximum Gasteiger partial charge on any atom is 0.417 e. The van der Waals surface area contributed by atoms with E-state index in [1.54, 1.807) is 19.1 Å². The molecule has 152 valence electrons. The second kappa shape index (κ2) is 7.27. The van der Waals surface area contributed by atoms with E-state index in [0.29, 0.717) is 17.3 Å². The van der Waals surface area contributed by atoms with Crippen molar-refractivity contribution in [3.05, 3.63) is 64.7 Å². The number of halogens is 4. The van der Waals surface area contributed by atoms with Gasteiger partial charge in [0.25, 0.3) is 0 Å². The SMILES string of the molecule is [C-]#[N+]c1ccc(-n2ncnc2C(C)Nc2nnc3c(Cl)cc(C(F)(F)F)cn23)nc1. The lowest BCUT2D eigenvalue weighted by Gasteiger charge is -2.15. The predicted octanol–water partition coefficient (Wildman–Crippen LogP) is 4.10. The first-order valence-corrected chi connectivity index (χ1v) is 8.77. The van der Waals surface area contributed by atoms with Gasteiger partial charge in [-0.05, 0) is 19.1 Å². The van der Waals surface area contributed by atoms with Crippen molar-refractivity contribution in [2.75, 3.05) is 5.32 Å². The van der Waals surface area contributed by atoms with E-state index in [1.807, 2.05) is 0 Å². The number of fused-ring (bicyclic) bond motifs is 1. The van der Waals surface area contributed by atoms with Gasteiger partial charge in [-0.3, -0.25) is 4.40 Å². The van der Waals surface area contributed by atoms with Crippen LogP contribution in [0.15, 0.2) is 36.9 Å². The summed E-state index contributed by atoms with van der Waals surface area (Å²) in [5.74, 6) is 0.904. The van der Waals surface area contributed by atoms with Gasteiger partial charge in [-0.15, -0.1) is 10.2 Å². The molecule has 4 aromatic heterocycles. The normalized spacial score (nSPS) is 12.7. The lowest BCUT2D eigenvalue weighted by molar-refractivity contribution is -0.137. The monoisotopic (exact) mass is 433 g/mol. The molecule has 1 atom stereocenters. The van der Waals surface area contributed by atoms with E-state index in [1.165, 1.54) is 17.2 Å². The summed E-state index contributed by atoms with van der Waals surface area (Å²) >= 11 is 5.94. The Morgan fingerprint density at radius 3 is 2.70 bits per heavy atom. The molecule has 0 amide bonds. The quantitative estimate of drug-likeness (QED) is 0.487. The number of hydrogen-bond donors (Lipinski definition) is 1. The van der Waals surface area contributed by atoms with Crippen molar-refractivity contribution in [3.63, 3.8) is 0 Å². The summed E-state index contributed by atoms with van der Waals surface area (Å²) < 4.78 is 42.0. The summed E-state index contributed by atoms with van der Waals surface area (Å²) in [4.78, 5) is 11.7. The number of hydrogen-bond acceptors (Lipinski definition) is 6. The van der Waals surface area contributed by atoms with E-state index in [0.717, 1.165) is 16.7 Å². The van der Waals surface area contributed by atoms with Gasteiger partial charge in [-0.25, -0.2) is 14.8 Å². The fourth-order valence-corrected chi connectivity index (χ4v) is 3.00. The van der Waals surface area contributed by atoms with E-state index < -0.39 is 17.8 Å². The molecule has 1 unspecified atom stereocenters. The summed E-state index contributed by atoms with van der Waals surface area (Å²) in [7, 11) is 0. The number of alkyl halides is 3. The van der Waals surface area contributed by atoms with Crippen molar-refractivity contribution < 1.29 is 13.2 Å². The molecule has 0 bridgehead atoms. The fraction of sp³-hybridized carbons (Fsp3) is 0.176.